The molecule has 0 heteroatoms. The van der Waals surface area contributed by atoms with E-state index in [1.54, 1.807) is 0 Å². The first kappa shape index (κ1) is 16.5. The molecule has 0 nitrogen and oxygen atoms in total. The highest BCUT2D eigenvalue weighted by Crippen LogP contribution is 2.18. The molecule has 17 heavy (non-hydrogen) atoms. The summed E-state index contributed by atoms with van der Waals surface area (Å²) in [5.41, 5.74) is 1.30. The largest absolute Gasteiger partial charge is 0.0956 e. The Hall–Kier alpha value is -0.520. The number of allylic oxidation sites excluding steroid dienone is 3. The van der Waals surface area contributed by atoms with Crippen molar-refractivity contribution in [3.63, 3.8) is 0 Å². The van der Waals surface area contributed by atoms with E-state index in [9.17, 15) is 0 Å². The molecule has 100 valence electrons. The first-order valence-electron chi connectivity index (χ1n) is 7.57. The van der Waals surface area contributed by atoms with Crippen LogP contribution in [0.25, 0.3) is 0 Å². The topological polar surface area (TPSA) is 0 Å². The van der Waals surface area contributed by atoms with Gasteiger partial charge in [-0.05, 0) is 18.8 Å². The van der Waals surface area contributed by atoms with Gasteiger partial charge < -0.3 is 0 Å². The van der Waals surface area contributed by atoms with Crippen molar-refractivity contribution in [3.8, 4) is 0 Å². The van der Waals surface area contributed by atoms with Crippen LogP contribution in [0.5, 0.6) is 0 Å². The van der Waals surface area contributed by atoms with Crippen LogP contribution in [-0.2, 0) is 0 Å². The van der Waals surface area contributed by atoms with Gasteiger partial charge in [0.15, 0.2) is 0 Å². The lowest BCUT2D eigenvalue weighted by Crippen LogP contribution is -1.96. The summed E-state index contributed by atoms with van der Waals surface area (Å²) in [5, 5.41) is 0. The van der Waals surface area contributed by atoms with Crippen LogP contribution in [0.2, 0.25) is 0 Å². The van der Waals surface area contributed by atoms with E-state index in [1.165, 1.54) is 56.9 Å². The summed E-state index contributed by atoms with van der Waals surface area (Å²) in [6, 6.07) is 0. The Balaban J connectivity index is 3.41. The summed E-state index contributed by atoms with van der Waals surface area (Å²) >= 11 is 0. The van der Waals surface area contributed by atoms with Crippen molar-refractivity contribution < 1.29 is 0 Å². The monoisotopic (exact) mass is 236 g/mol. The summed E-state index contributed by atoms with van der Waals surface area (Å²) in [7, 11) is 0. The maximum Gasteiger partial charge on any atom is -0.0196 e. The Morgan fingerprint density at radius 3 is 2.18 bits per heavy atom. The van der Waals surface area contributed by atoms with Crippen LogP contribution >= 0.6 is 0 Å². The predicted octanol–water partition coefficient (Wildman–Crippen LogP) is 6.29. The molecule has 0 radical (unpaired) electrons. The van der Waals surface area contributed by atoms with Crippen molar-refractivity contribution in [1.29, 1.82) is 0 Å². The molecule has 0 aliphatic carbocycles. The van der Waals surface area contributed by atoms with Gasteiger partial charge in [0.25, 0.3) is 0 Å². The van der Waals surface area contributed by atoms with Crippen molar-refractivity contribution in [2.75, 3.05) is 0 Å². The first-order chi connectivity index (χ1) is 8.22. The van der Waals surface area contributed by atoms with Gasteiger partial charge in [0.1, 0.15) is 0 Å². The zero-order chi connectivity index (χ0) is 12.9. The van der Waals surface area contributed by atoms with Crippen molar-refractivity contribution >= 4 is 0 Å². The van der Waals surface area contributed by atoms with Gasteiger partial charge in [-0.1, -0.05) is 90.0 Å². The molecule has 0 aromatic heterocycles. The maximum absolute atomic E-state index is 4.14. The second-order valence-electron chi connectivity index (χ2n) is 5.20. The summed E-state index contributed by atoms with van der Waals surface area (Å²) in [5.74, 6) is 0.661. The van der Waals surface area contributed by atoms with Gasteiger partial charge in [0, 0.05) is 0 Å². The minimum absolute atomic E-state index is 0.661. The van der Waals surface area contributed by atoms with E-state index in [4.69, 9.17) is 0 Å². The number of unbranched alkanes of at least 4 members (excludes halogenated alkanes) is 6. The maximum atomic E-state index is 4.14. The third-order valence-electron chi connectivity index (χ3n) is 3.44. The summed E-state index contributed by atoms with van der Waals surface area (Å²) in [6.07, 6.45) is 16.6. The average Bonchev–Trinajstić information content (AvgIpc) is 2.34. The molecule has 0 fully saturated rings. The van der Waals surface area contributed by atoms with Gasteiger partial charge in [-0.3, -0.25) is 0 Å². The lowest BCUT2D eigenvalue weighted by atomic mass is 9.95. The number of hydrogen-bond acceptors (Lipinski definition) is 0. The molecule has 1 unspecified atom stereocenters. The third kappa shape index (κ3) is 10.4. The van der Waals surface area contributed by atoms with E-state index in [0.717, 1.165) is 6.42 Å². The molecule has 0 aromatic rings. The Kier molecular flexibility index (Phi) is 11.6. The SMILES string of the molecule is C=C(C=CCC)C(C)CCCCCCCCC. The van der Waals surface area contributed by atoms with Gasteiger partial charge in [-0.2, -0.15) is 0 Å². The van der Waals surface area contributed by atoms with Crippen molar-refractivity contribution in [3.05, 3.63) is 24.3 Å². The first-order valence-corrected chi connectivity index (χ1v) is 7.57. The van der Waals surface area contributed by atoms with E-state index < -0.39 is 0 Å². The Bertz CT molecular complexity index is 200. The Morgan fingerprint density at radius 1 is 1.00 bits per heavy atom. The van der Waals surface area contributed by atoms with E-state index in [0.29, 0.717) is 5.92 Å². The van der Waals surface area contributed by atoms with Crippen molar-refractivity contribution in [1.82, 2.24) is 0 Å². The fourth-order valence-electron chi connectivity index (χ4n) is 2.03. The van der Waals surface area contributed by atoms with Gasteiger partial charge in [0.05, 0.1) is 0 Å². The van der Waals surface area contributed by atoms with E-state index in [-0.39, 0.29) is 0 Å². The Labute approximate surface area is 109 Å². The van der Waals surface area contributed by atoms with Crippen LogP contribution in [0.4, 0.5) is 0 Å². The second kappa shape index (κ2) is 12.0. The lowest BCUT2D eigenvalue weighted by Gasteiger charge is -2.11. The molecular weight excluding hydrogens is 204 g/mol. The summed E-state index contributed by atoms with van der Waals surface area (Å²) in [4.78, 5) is 0. The van der Waals surface area contributed by atoms with Crippen molar-refractivity contribution in [2.45, 2.75) is 78.6 Å². The molecule has 0 bridgehead atoms. The fraction of sp³-hybridized carbons (Fsp3) is 0.765. The zero-order valence-electron chi connectivity index (χ0n) is 12.3. The van der Waals surface area contributed by atoms with Crippen LogP contribution in [0.15, 0.2) is 24.3 Å². The Morgan fingerprint density at radius 2 is 1.59 bits per heavy atom. The van der Waals surface area contributed by atoms with E-state index in [2.05, 4.69) is 39.5 Å². The molecular formula is C17H32. The van der Waals surface area contributed by atoms with Gasteiger partial charge in [0.2, 0.25) is 0 Å². The average molecular weight is 236 g/mol. The molecule has 0 aliphatic heterocycles. The molecule has 0 saturated heterocycles. The minimum atomic E-state index is 0.661. The molecule has 1 atom stereocenters. The smallest absolute Gasteiger partial charge is 0.0196 e. The third-order valence-corrected chi connectivity index (χ3v) is 3.44. The van der Waals surface area contributed by atoms with Gasteiger partial charge >= 0.3 is 0 Å². The zero-order valence-corrected chi connectivity index (χ0v) is 12.3. The lowest BCUT2D eigenvalue weighted by molar-refractivity contribution is 0.529. The molecule has 0 saturated carbocycles. The quantitative estimate of drug-likeness (QED) is 0.292. The normalized spacial score (nSPS) is 13.1. The van der Waals surface area contributed by atoms with Crippen LogP contribution in [0.3, 0.4) is 0 Å². The summed E-state index contributed by atoms with van der Waals surface area (Å²) in [6.45, 7) is 10.9. The molecule has 0 rings (SSSR count). The molecule has 0 N–H and O–H groups in total. The molecule has 0 heterocycles. The summed E-state index contributed by atoms with van der Waals surface area (Å²) < 4.78 is 0. The number of hydrogen-bond donors (Lipinski definition) is 0. The van der Waals surface area contributed by atoms with Crippen LogP contribution in [0.1, 0.15) is 78.6 Å². The second-order valence-corrected chi connectivity index (χ2v) is 5.20. The minimum Gasteiger partial charge on any atom is -0.0956 e. The highest BCUT2D eigenvalue weighted by atomic mass is 14.1. The van der Waals surface area contributed by atoms with Crippen LogP contribution < -0.4 is 0 Å². The molecule has 0 aromatic carbocycles. The van der Waals surface area contributed by atoms with Crippen molar-refractivity contribution in [2.24, 2.45) is 5.92 Å². The van der Waals surface area contributed by atoms with E-state index >= 15 is 0 Å². The number of rotatable bonds is 11. The van der Waals surface area contributed by atoms with Gasteiger partial charge in [-0.15, -0.1) is 0 Å². The van der Waals surface area contributed by atoms with Crippen LogP contribution in [-0.4, -0.2) is 0 Å². The molecule has 0 amide bonds. The fourth-order valence-corrected chi connectivity index (χ4v) is 2.03. The standard InChI is InChI=1S/C17H32/c1-5-7-9-10-11-12-13-15-17(4)16(3)14-8-6-2/h8,14,17H,3,5-7,9-13,15H2,1-2,4H3. The van der Waals surface area contributed by atoms with Gasteiger partial charge in [-0.25, -0.2) is 0 Å². The molecule has 0 spiro atoms. The van der Waals surface area contributed by atoms with Crippen LogP contribution in [0, 0.1) is 5.92 Å². The highest BCUT2D eigenvalue weighted by Gasteiger charge is 2.03. The van der Waals surface area contributed by atoms with E-state index in [1.807, 2.05) is 0 Å². The predicted molar refractivity (Wildman–Crippen MR) is 80.3 cm³/mol. The highest BCUT2D eigenvalue weighted by molar-refractivity contribution is 5.16. The molecule has 0 aliphatic rings.